The Hall–Kier alpha value is -5.61. The first-order chi connectivity index (χ1) is 23.9. The van der Waals surface area contributed by atoms with Gasteiger partial charge < -0.3 is 44.1 Å². The maximum absolute atomic E-state index is 11.8. The molecule has 2 aromatic heterocycles. The minimum absolute atomic E-state index is 0.00163. The van der Waals surface area contributed by atoms with Gasteiger partial charge in [-0.3, -0.25) is 0 Å². The predicted molar refractivity (Wildman–Crippen MR) is 192 cm³/mol. The van der Waals surface area contributed by atoms with E-state index in [9.17, 15) is 5.11 Å². The molecule has 4 N–H and O–H groups in total. The van der Waals surface area contributed by atoms with Gasteiger partial charge in [-0.05, 0) is 66.3 Å². The van der Waals surface area contributed by atoms with E-state index in [1.165, 1.54) is 5.56 Å². The van der Waals surface area contributed by atoms with Crippen LogP contribution in [0.15, 0.2) is 91.0 Å². The Labute approximate surface area is 286 Å². The number of aromatic nitrogens is 3. The third kappa shape index (κ3) is 7.29. The van der Waals surface area contributed by atoms with Crippen molar-refractivity contribution in [1.82, 2.24) is 14.5 Å². The van der Waals surface area contributed by atoms with Crippen molar-refractivity contribution in [2.24, 2.45) is 0 Å². The number of nitrogens with zero attached hydrogens (tertiary/aromatic N) is 2. The first kappa shape index (κ1) is 33.3. The molecule has 0 aliphatic rings. The Morgan fingerprint density at radius 3 is 2.14 bits per heavy atom. The number of aromatic amines is 1. The number of methoxy groups -OCH3 is 4. The molecule has 10 nitrogen and oxygen atoms in total. The van der Waals surface area contributed by atoms with Gasteiger partial charge in [0.05, 0.1) is 51.3 Å². The van der Waals surface area contributed by atoms with Gasteiger partial charge in [0.25, 0.3) is 0 Å². The average molecular weight is 663 g/mol. The number of hydrogen-bond acceptors (Lipinski definition) is 8. The number of H-pyrrole nitrogens is 1. The number of para-hydroxylation sites is 2. The van der Waals surface area contributed by atoms with Crippen LogP contribution in [-0.4, -0.2) is 61.3 Å². The molecule has 4 aromatic carbocycles. The first-order valence-electron chi connectivity index (χ1n) is 16.2. The molecule has 10 heteroatoms. The molecule has 0 saturated heterocycles. The van der Waals surface area contributed by atoms with E-state index >= 15 is 0 Å². The van der Waals surface area contributed by atoms with Crippen molar-refractivity contribution in [2.45, 2.75) is 25.3 Å². The summed E-state index contributed by atoms with van der Waals surface area (Å²) in [6.07, 6.45) is 1.53. The smallest absolute Gasteiger partial charge is 0.154 e. The van der Waals surface area contributed by atoms with Crippen LogP contribution in [-0.2, 0) is 17.7 Å². The molecule has 2 heterocycles. The minimum atomic E-state index is 0.00163. The van der Waals surface area contributed by atoms with Crippen LogP contribution in [0.25, 0.3) is 33.7 Å². The van der Waals surface area contributed by atoms with E-state index in [-0.39, 0.29) is 11.7 Å². The second-order valence-electron chi connectivity index (χ2n) is 11.8. The highest BCUT2D eigenvalue weighted by molar-refractivity contribution is 5.90. The first-order valence-corrected chi connectivity index (χ1v) is 16.2. The van der Waals surface area contributed by atoms with E-state index in [1.54, 1.807) is 28.4 Å². The Bertz CT molecular complexity index is 1960. The normalized spacial score (nSPS) is 11.8. The van der Waals surface area contributed by atoms with Crippen molar-refractivity contribution >= 4 is 16.9 Å². The lowest BCUT2D eigenvalue weighted by atomic mass is 9.89. The summed E-state index contributed by atoms with van der Waals surface area (Å²) in [5.74, 6) is 3.62. The van der Waals surface area contributed by atoms with E-state index < -0.39 is 0 Å². The lowest BCUT2D eigenvalue weighted by Crippen LogP contribution is -2.10. The maximum atomic E-state index is 11.8. The molecular weight excluding hydrogens is 620 g/mol. The Kier molecular flexibility index (Phi) is 10.2. The molecule has 0 fully saturated rings. The Morgan fingerprint density at radius 1 is 0.796 bits per heavy atom. The number of ether oxygens (including phenoxy) is 5. The summed E-state index contributed by atoms with van der Waals surface area (Å²) < 4.78 is 30.5. The summed E-state index contributed by atoms with van der Waals surface area (Å²) >= 11 is 0. The summed E-state index contributed by atoms with van der Waals surface area (Å²) in [7, 11) is 6.55. The molecule has 1 unspecified atom stereocenters. The number of hydrogen-bond donors (Lipinski definition) is 3. The van der Waals surface area contributed by atoms with Crippen LogP contribution in [0.4, 0.5) is 5.82 Å². The van der Waals surface area contributed by atoms with Gasteiger partial charge in [0.15, 0.2) is 5.75 Å². The molecular formula is C39H42N4O6. The highest BCUT2D eigenvalue weighted by Gasteiger charge is 2.26. The van der Waals surface area contributed by atoms with Gasteiger partial charge >= 0.3 is 0 Å². The van der Waals surface area contributed by atoms with Gasteiger partial charge in [-0.1, -0.05) is 42.5 Å². The molecule has 0 spiro atoms. The molecule has 0 amide bonds. The summed E-state index contributed by atoms with van der Waals surface area (Å²) in [5, 5.41) is 11.8. The maximum Gasteiger partial charge on any atom is 0.154 e. The quantitative estimate of drug-likeness (QED) is 0.104. The van der Waals surface area contributed by atoms with Gasteiger partial charge in [0.2, 0.25) is 0 Å². The van der Waals surface area contributed by atoms with Crippen LogP contribution in [0, 0.1) is 0 Å². The second-order valence-corrected chi connectivity index (χ2v) is 11.8. The SMILES string of the molecule is COCCn1c(N)c(-c2nc3ccccc3[nH]2)c(O)c1-c1cc(OC)cc(OCCC(Cc2ccccc2)c2cc(OC)cc(OC)c2)c1. The minimum Gasteiger partial charge on any atom is -0.505 e. The van der Waals surface area contributed by atoms with E-state index in [0.717, 1.165) is 40.9 Å². The molecule has 0 saturated carbocycles. The third-order valence-corrected chi connectivity index (χ3v) is 8.72. The number of benzene rings is 4. The lowest BCUT2D eigenvalue weighted by molar-refractivity contribution is 0.188. The molecule has 0 radical (unpaired) electrons. The van der Waals surface area contributed by atoms with E-state index in [2.05, 4.69) is 41.4 Å². The molecule has 49 heavy (non-hydrogen) atoms. The zero-order chi connectivity index (χ0) is 34.3. The third-order valence-electron chi connectivity index (χ3n) is 8.72. The van der Waals surface area contributed by atoms with Crippen LogP contribution in [0.3, 0.4) is 0 Å². The van der Waals surface area contributed by atoms with Crippen LogP contribution < -0.4 is 24.7 Å². The summed E-state index contributed by atoms with van der Waals surface area (Å²) in [4.78, 5) is 8.01. The van der Waals surface area contributed by atoms with Gasteiger partial charge in [-0.2, -0.15) is 0 Å². The monoisotopic (exact) mass is 662 g/mol. The zero-order valence-corrected chi connectivity index (χ0v) is 28.2. The number of nitrogens with two attached hydrogens (primary N) is 1. The average Bonchev–Trinajstić information content (AvgIpc) is 3.66. The lowest BCUT2D eigenvalue weighted by Gasteiger charge is -2.20. The summed E-state index contributed by atoms with van der Waals surface area (Å²) in [5.41, 5.74) is 12.3. The number of nitrogens with one attached hydrogen (secondary N) is 1. The summed E-state index contributed by atoms with van der Waals surface area (Å²) in [6.45, 7) is 1.22. The van der Waals surface area contributed by atoms with Gasteiger partial charge in [-0.15, -0.1) is 0 Å². The van der Waals surface area contributed by atoms with Crippen LogP contribution >= 0.6 is 0 Å². The summed E-state index contributed by atoms with van der Waals surface area (Å²) in [6, 6.07) is 29.7. The number of imidazole rings is 1. The second kappa shape index (κ2) is 15.1. The van der Waals surface area contributed by atoms with Crippen LogP contribution in [0.5, 0.6) is 28.7 Å². The van der Waals surface area contributed by atoms with E-state index in [1.807, 2.05) is 59.2 Å². The molecule has 1 atom stereocenters. The molecule has 0 bridgehead atoms. The van der Waals surface area contributed by atoms with Crippen molar-refractivity contribution in [3.05, 3.63) is 102 Å². The van der Waals surface area contributed by atoms with Crippen LogP contribution in [0.1, 0.15) is 23.5 Å². The van der Waals surface area contributed by atoms with Gasteiger partial charge in [0, 0.05) is 31.4 Å². The molecule has 0 aliphatic carbocycles. The fourth-order valence-electron chi connectivity index (χ4n) is 6.21. The van der Waals surface area contributed by atoms with Crippen LogP contribution in [0.2, 0.25) is 0 Å². The van der Waals surface area contributed by atoms with Gasteiger partial charge in [-0.25, -0.2) is 4.98 Å². The highest BCUT2D eigenvalue weighted by Crippen LogP contribution is 2.46. The standard InChI is InChI=1S/C39H42N4O6/c1-45-17-15-43-36(37(44)35(38(43)40)39-41-33-12-8-9-13-34(33)42-39)28-21-31(48-4)24-32(22-28)49-16-14-26(18-25-10-6-5-7-11-25)27-19-29(46-2)23-30(20-27)47-3/h5-13,19-24,26,44H,14-18,40H2,1-4H3,(H,41,42). The van der Waals surface area contributed by atoms with Crippen molar-refractivity contribution in [3.8, 4) is 51.4 Å². The number of nitrogen functional groups attached to an aromatic ring is 1. The molecule has 6 aromatic rings. The Morgan fingerprint density at radius 2 is 1.45 bits per heavy atom. The van der Waals surface area contributed by atoms with Crippen molar-refractivity contribution in [1.29, 1.82) is 0 Å². The van der Waals surface area contributed by atoms with E-state index in [0.29, 0.717) is 59.7 Å². The fourth-order valence-corrected chi connectivity index (χ4v) is 6.21. The fraction of sp³-hybridized carbons (Fsp3) is 0.256. The number of rotatable bonds is 15. The highest BCUT2D eigenvalue weighted by atomic mass is 16.5. The van der Waals surface area contributed by atoms with Crippen molar-refractivity contribution in [3.63, 3.8) is 0 Å². The molecule has 254 valence electrons. The predicted octanol–water partition coefficient (Wildman–Crippen LogP) is 7.45. The number of anilines is 1. The van der Waals surface area contributed by atoms with E-state index in [4.69, 9.17) is 34.4 Å². The zero-order valence-electron chi connectivity index (χ0n) is 28.2. The number of fused-ring (bicyclic) bond motifs is 1. The molecule has 0 aliphatic heterocycles. The van der Waals surface area contributed by atoms with Crippen molar-refractivity contribution in [2.75, 3.05) is 47.4 Å². The topological polar surface area (TPSA) is 126 Å². The van der Waals surface area contributed by atoms with Crippen molar-refractivity contribution < 1.29 is 28.8 Å². The Balaban J connectivity index is 1.32. The largest absolute Gasteiger partial charge is 0.505 e. The van der Waals surface area contributed by atoms with Gasteiger partial charge in [0.1, 0.15) is 40.2 Å². The number of aromatic hydroxyl groups is 1. The molecule has 6 rings (SSSR count).